The molecule has 17 nitrogen and oxygen atoms in total. The maximum Gasteiger partial charge on any atom is 0.472 e. The Balaban J connectivity index is 5.39. The molecule has 0 aromatic rings. The van der Waals surface area contributed by atoms with Gasteiger partial charge in [0.1, 0.15) is 19.3 Å². The molecule has 98 heavy (non-hydrogen) atoms. The van der Waals surface area contributed by atoms with E-state index in [2.05, 4.69) is 137 Å². The number of esters is 4. The second-order valence-electron chi connectivity index (χ2n) is 24.8. The average molecular weight is 1420 g/mol. The number of phosphoric acid groups is 2. The van der Waals surface area contributed by atoms with Gasteiger partial charge in [-0.1, -0.05) is 271 Å². The third-order valence-electron chi connectivity index (χ3n) is 15.4. The Bertz CT molecular complexity index is 2340. The highest BCUT2D eigenvalue weighted by Crippen LogP contribution is 2.45. The van der Waals surface area contributed by atoms with Gasteiger partial charge in [0.25, 0.3) is 0 Å². The minimum Gasteiger partial charge on any atom is -0.462 e. The fourth-order valence-corrected chi connectivity index (χ4v) is 11.3. The first-order valence-corrected chi connectivity index (χ1v) is 40.8. The first-order chi connectivity index (χ1) is 47.7. The summed E-state index contributed by atoms with van der Waals surface area (Å²) in [7, 11) is -9.97. The van der Waals surface area contributed by atoms with E-state index in [0.29, 0.717) is 32.1 Å². The molecule has 562 valence electrons. The van der Waals surface area contributed by atoms with E-state index < -0.39 is 97.5 Å². The fraction of sp³-hybridized carbons (Fsp3) is 0.696. The predicted molar refractivity (Wildman–Crippen MR) is 399 cm³/mol. The highest BCUT2D eigenvalue weighted by Gasteiger charge is 2.30. The van der Waals surface area contributed by atoms with Crippen LogP contribution in [0.2, 0.25) is 0 Å². The molecule has 0 rings (SSSR count). The lowest BCUT2D eigenvalue weighted by Gasteiger charge is -2.21. The molecule has 0 aromatic carbocycles. The lowest BCUT2D eigenvalue weighted by molar-refractivity contribution is -0.161. The summed E-state index contributed by atoms with van der Waals surface area (Å²) in [5, 5.41) is 10.6. The average Bonchev–Trinajstić information content (AvgIpc) is 1.06. The van der Waals surface area contributed by atoms with E-state index in [1.165, 1.54) is 51.4 Å². The highest BCUT2D eigenvalue weighted by atomic mass is 31.2. The van der Waals surface area contributed by atoms with Crippen LogP contribution in [0.15, 0.2) is 122 Å². The van der Waals surface area contributed by atoms with Crippen molar-refractivity contribution in [3.63, 3.8) is 0 Å². The molecule has 0 aliphatic heterocycles. The molecule has 0 aliphatic carbocycles. The number of hydrogen-bond acceptors (Lipinski definition) is 15. The summed E-state index contributed by atoms with van der Waals surface area (Å²) in [5.41, 5.74) is 0. The van der Waals surface area contributed by atoms with Crippen LogP contribution >= 0.6 is 15.6 Å². The Morgan fingerprint density at radius 2 is 0.551 bits per heavy atom. The van der Waals surface area contributed by atoms with Gasteiger partial charge in [0.2, 0.25) is 0 Å². The Hall–Kier alpha value is -4.54. The Morgan fingerprint density at radius 1 is 0.296 bits per heavy atom. The minimum absolute atomic E-state index is 0.0109. The van der Waals surface area contributed by atoms with Gasteiger partial charge < -0.3 is 33.8 Å². The van der Waals surface area contributed by atoms with Crippen molar-refractivity contribution >= 4 is 39.5 Å². The second-order valence-corrected chi connectivity index (χ2v) is 27.7. The van der Waals surface area contributed by atoms with Crippen LogP contribution in [0, 0.1) is 0 Å². The molecule has 3 N–H and O–H groups in total. The van der Waals surface area contributed by atoms with Gasteiger partial charge in [-0.15, -0.1) is 0 Å². The maximum atomic E-state index is 13.1. The standard InChI is InChI=1S/C79H134O17P2/c1-5-9-13-17-21-25-29-31-33-35-36-38-39-41-45-48-52-56-60-64-77(82)90-70-75(96-79(84)66-62-58-54-50-46-42-40-37-34-32-30-26-22-18-14-10-6-2)72-94-98(87,88)92-68-73(80)67-91-97(85,86)93-71-74(95-78(83)65-61-57-53-49-44-28-24-20-16-12-8-4)69-89-76(81)63-59-55-51-47-43-27-23-19-15-11-7-3/h9-10,13-14,19,21-23,25-26,31-34,36,38,40,42,50,54,73-75,80H,5-8,11-12,15-18,20,24,27-30,35,37,39,41,43-49,51-53,55-72H2,1-4H3,(H,85,86)(H,87,88)/b13-9-,14-10-,23-19-,25-21-,26-22-,33-31-,34-32-,38-36-,42-40-,54-50-. The van der Waals surface area contributed by atoms with Crippen molar-refractivity contribution in [3.8, 4) is 0 Å². The minimum atomic E-state index is -4.99. The number of unbranched alkanes of at least 4 members (excludes halogenated alkanes) is 24. The zero-order chi connectivity index (χ0) is 71.8. The van der Waals surface area contributed by atoms with Gasteiger partial charge in [-0.05, 0) is 122 Å². The number of aliphatic hydroxyl groups excluding tert-OH is 1. The van der Waals surface area contributed by atoms with Crippen LogP contribution in [-0.4, -0.2) is 96.7 Å². The van der Waals surface area contributed by atoms with E-state index in [1.54, 1.807) is 0 Å². The molecule has 0 aliphatic rings. The van der Waals surface area contributed by atoms with Gasteiger partial charge in [0, 0.05) is 25.7 Å². The van der Waals surface area contributed by atoms with E-state index in [9.17, 15) is 43.2 Å². The molecular weight excluding hydrogens is 1280 g/mol. The summed E-state index contributed by atoms with van der Waals surface area (Å²) in [5.74, 6) is -2.26. The molecule has 0 fully saturated rings. The Morgan fingerprint density at radius 3 is 0.898 bits per heavy atom. The number of ether oxygens (including phenoxy) is 4. The van der Waals surface area contributed by atoms with E-state index in [4.69, 9.17) is 37.0 Å². The molecular formula is C79H134O17P2. The van der Waals surface area contributed by atoms with Crippen molar-refractivity contribution in [1.29, 1.82) is 0 Å². The first kappa shape index (κ1) is 93.5. The van der Waals surface area contributed by atoms with Gasteiger partial charge in [0.15, 0.2) is 12.2 Å². The first-order valence-electron chi connectivity index (χ1n) is 37.8. The van der Waals surface area contributed by atoms with Crippen molar-refractivity contribution in [2.75, 3.05) is 39.6 Å². The largest absolute Gasteiger partial charge is 0.472 e. The van der Waals surface area contributed by atoms with Crippen LogP contribution < -0.4 is 0 Å². The van der Waals surface area contributed by atoms with Crippen LogP contribution in [0.1, 0.15) is 297 Å². The van der Waals surface area contributed by atoms with Crippen LogP contribution in [0.5, 0.6) is 0 Å². The zero-order valence-corrected chi connectivity index (χ0v) is 63.0. The molecule has 5 unspecified atom stereocenters. The molecule has 0 aromatic heterocycles. The van der Waals surface area contributed by atoms with Crippen LogP contribution in [0.3, 0.4) is 0 Å². The predicted octanol–water partition coefficient (Wildman–Crippen LogP) is 21.6. The van der Waals surface area contributed by atoms with Crippen molar-refractivity contribution < 1.29 is 80.2 Å². The van der Waals surface area contributed by atoms with Gasteiger partial charge >= 0.3 is 39.5 Å². The molecule has 0 saturated carbocycles. The number of carbonyl (C=O) groups is 4. The molecule has 0 saturated heterocycles. The topological polar surface area (TPSA) is 237 Å². The van der Waals surface area contributed by atoms with Crippen LogP contribution in [-0.2, 0) is 65.4 Å². The normalized spacial score (nSPS) is 14.6. The van der Waals surface area contributed by atoms with Gasteiger partial charge in [-0.25, -0.2) is 9.13 Å². The lowest BCUT2D eigenvalue weighted by Crippen LogP contribution is -2.30. The lowest BCUT2D eigenvalue weighted by atomic mass is 10.1. The van der Waals surface area contributed by atoms with Gasteiger partial charge in [-0.3, -0.25) is 37.3 Å². The molecule has 0 spiro atoms. The summed E-state index contributed by atoms with van der Waals surface area (Å²) >= 11 is 0. The number of aliphatic hydroxyl groups is 1. The smallest absolute Gasteiger partial charge is 0.462 e. The molecule has 19 heteroatoms. The van der Waals surface area contributed by atoms with Crippen molar-refractivity contribution in [2.45, 2.75) is 316 Å². The van der Waals surface area contributed by atoms with Crippen LogP contribution in [0.4, 0.5) is 0 Å². The van der Waals surface area contributed by atoms with Crippen molar-refractivity contribution in [2.24, 2.45) is 0 Å². The number of rotatable bonds is 70. The molecule has 0 amide bonds. The molecule has 0 radical (unpaired) electrons. The van der Waals surface area contributed by atoms with E-state index in [1.807, 2.05) is 12.2 Å². The zero-order valence-electron chi connectivity index (χ0n) is 61.2. The summed E-state index contributed by atoms with van der Waals surface area (Å²) in [6.45, 7) is 4.51. The van der Waals surface area contributed by atoms with Gasteiger partial charge in [-0.2, -0.15) is 0 Å². The monoisotopic (exact) mass is 1420 g/mol. The van der Waals surface area contributed by atoms with E-state index in [-0.39, 0.29) is 25.7 Å². The van der Waals surface area contributed by atoms with Crippen LogP contribution in [0.25, 0.3) is 0 Å². The van der Waals surface area contributed by atoms with Crippen molar-refractivity contribution in [3.05, 3.63) is 122 Å². The summed E-state index contributed by atoms with van der Waals surface area (Å²) < 4.78 is 68.3. The summed E-state index contributed by atoms with van der Waals surface area (Å²) in [6.07, 6.45) is 76.4. The maximum absolute atomic E-state index is 13.1. The number of allylic oxidation sites excluding steroid dienone is 20. The number of hydrogen-bond donors (Lipinski definition) is 3. The third-order valence-corrected chi connectivity index (χ3v) is 17.3. The second kappa shape index (κ2) is 70.9. The Kier molecular flexibility index (Phi) is 67.6. The third kappa shape index (κ3) is 69.9. The summed E-state index contributed by atoms with van der Waals surface area (Å²) in [6, 6.07) is 0. The van der Waals surface area contributed by atoms with Gasteiger partial charge in [0.05, 0.1) is 26.4 Å². The fourth-order valence-electron chi connectivity index (χ4n) is 9.70. The highest BCUT2D eigenvalue weighted by molar-refractivity contribution is 7.47. The quantitative estimate of drug-likeness (QED) is 0.0169. The number of carbonyl (C=O) groups excluding carboxylic acids is 4. The van der Waals surface area contributed by atoms with Crippen molar-refractivity contribution in [1.82, 2.24) is 0 Å². The number of phosphoric ester groups is 2. The van der Waals surface area contributed by atoms with E-state index in [0.717, 1.165) is 161 Å². The van der Waals surface area contributed by atoms with E-state index >= 15 is 0 Å². The molecule has 5 atom stereocenters. The summed E-state index contributed by atoms with van der Waals surface area (Å²) in [4.78, 5) is 72.7. The molecule has 0 heterocycles. The SMILES string of the molecule is CC/C=C\C/C=C\C/C=C\C/C=C\C/C=C\CCCC(=O)OC(COC(=O)CCCCCCCC/C=C\C/C=C\C/C=C\C/C=C\CC)COP(=O)(O)OCC(O)COP(=O)(O)OCC(COC(=O)CCCCCCC/C=C\CCCC)OC(=O)CCCCCCCCCCCCC. The Labute approximate surface area is 593 Å². The molecule has 0 bridgehead atoms.